The van der Waals surface area contributed by atoms with Crippen LogP contribution in [0.2, 0.25) is 0 Å². The van der Waals surface area contributed by atoms with E-state index in [4.69, 9.17) is 0 Å². The number of thioether (sulfide) groups is 1. The van der Waals surface area contributed by atoms with Crippen LogP contribution in [0.3, 0.4) is 0 Å². The molecule has 0 aliphatic carbocycles. The van der Waals surface area contributed by atoms with E-state index in [1.165, 1.54) is 12.8 Å². The molecule has 1 heterocycles. The summed E-state index contributed by atoms with van der Waals surface area (Å²) in [7, 11) is 0. The van der Waals surface area contributed by atoms with Crippen LogP contribution < -0.4 is 0 Å². The summed E-state index contributed by atoms with van der Waals surface area (Å²) < 4.78 is 2.09. The molecule has 1 aromatic heterocycles. The number of hydrogen-bond donors (Lipinski definition) is 0. The fraction of sp³-hybridized carbons (Fsp3) is 0.600. The Labute approximate surface area is 89.6 Å². The van der Waals surface area contributed by atoms with Crippen molar-refractivity contribution in [2.24, 2.45) is 0 Å². The van der Waals surface area contributed by atoms with E-state index < -0.39 is 0 Å². The maximum Gasteiger partial charge on any atom is 0.191 e. The zero-order chi connectivity index (χ0) is 10.4. The number of nitrogens with zero attached hydrogens (tertiary/aromatic N) is 3. The van der Waals surface area contributed by atoms with Gasteiger partial charge in [0, 0.05) is 12.3 Å². The molecule has 0 atom stereocenters. The van der Waals surface area contributed by atoms with Gasteiger partial charge in [-0.25, -0.2) is 0 Å². The van der Waals surface area contributed by atoms with Crippen LogP contribution in [0.1, 0.15) is 25.6 Å². The summed E-state index contributed by atoms with van der Waals surface area (Å²) in [4.78, 5) is 0. The van der Waals surface area contributed by atoms with Crippen molar-refractivity contribution >= 4 is 11.8 Å². The highest BCUT2D eigenvalue weighted by Gasteiger charge is 2.06. The third-order valence-electron chi connectivity index (χ3n) is 1.94. The molecule has 0 saturated carbocycles. The maximum absolute atomic E-state index is 4.13. The average molecular weight is 211 g/mol. The van der Waals surface area contributed by atoms with E-state index in [0.717, 1.165) is 23.3 Å². The number of allylic oxidation sites excluding steroid dienone is 1. The third-order valence-corrected chi connectivity index (χ3v) is 3.00. The Morgan fingerprint density at radius 3 is 2.93 bits per heavy atom. The largest absolute Gasteiger partial charge is 0.302 e. The zero-order valence-electron chi connectivity index (χ0n) is 8.86. The average Bonchev–Trinajstić information content (AvgIpc) is 2.51. The molecule has 78 valence electrons. The summed E-state index contributed by atoms with van der Waals surface area (Å²) >= 11 is 1.77. The van der Waals surface area contributed by atoms with E-state index in [9.17, 15) is 0 Å². The zero-order valence-corrected chi connectivity index (χ0v) is 9.68. The fourth-order valence-corrected chi connectivity index (χ4v) is 2.19. The normalized spacial score (nSPS) is 10.4. The molecule has 0 aromatic carbocycles. The molecular formula is C10H17N3S. The number of aryl methyl sites for hydroxylation is 1. The molecule has 0 spiro atoms. The molecule has 1 aromatic rings. The van der Waals surface area contributed by atoms with E-state index in [1.54, 1.807) is 11.8 Å². The van der Waals surface area contributed by atoms with Gasteiger partial charge in [-0.05, 0) is 13.3 Å². The molecule has 0 N–H and O–H groups in total. The van der Waals surface area contributed by atoms with Crippen molar-refractivity contribution in [1.29, 1.82) is 0 Å². The minimum Gasteiger partial charge on any atom is -0.302 e. The molecule has 0 amide bonds. The van der Waals surface area contributed by atoms with Gasteiger partial charge in [-0.2, -0.15) is 0 Å². The second kappa shape index (κ2) is 5.86. The summed E-state index contributed by atoms with van der Waals surface area (Å²) in [5.41, 5.74) is 0. The molecule has 0 aliphatic heterocycles. The Morgan fingerprint density at radius 1 is 1.50 bits per heavy atom. The Balaban J connectivity index is 2.60. The predicted molar refractivity (Wildman–Crippen MR) is 60.6 cm³/mol. The Morgan fingerprint density at radius 2 is 2.29 bits per heavy atom. The van der Waals surface area contributed by atoms with Crippen LogP contribution in [0.5, 0.6) is 0 Å². The Hall–Kier alpha value is -0.770. The van der Waals surface area contributed by atoms with Crippen LogP contribution in [0.25, 0.3) is 0 Å². The van der Waals surface area contributed by atoms with Crippen molar-refractivity contribution in [2.75, 3.05) is 5.75 Å². The van der Waals surface area contributed by atoms with Gasteiger partial charge in [0.2, 0.25) is 0 Å². The molecule has 3 nitrogen and oxygen atoms in total. The minimum atomic E-state index is 0.799. The van der Waals surface area contributed by atoms with Gasteiger partial charge in [0.1, 0.15) is 5.82 Å². The van der Waals surface area contributed by atoms with Crippen LogP contribution in [0, 0.1) is 6.92 Å². The van der Waals surface area contributed by atoms with Crippen molar-refractivity contribution in [3.05, 3.63) is 18.5 Å². The van der Waals surface area contributed by atoms with Crippen molar-refractivity contribution in [3.8, 4) is 0 Å². The first-order valence-electron chi connectivity index (χ1n) is 4.93. The molecule has 0 unspecified atom stereocenters. The second-order valence-electron chi connectivity index (χ2n) is 3.13. The predicted octanol–water partition coefficient (Wildman–Crippen LogP) is 2.66. The second-order valence-corrected chi connectivity index (χ2v) is 4.19. The number of unbranched alkanes of at least 4 members (excludes halogenated alkanes) is 1. The molecule has 0 fully saturated rings. The SMILES string of the molecule is C=CCn1c(C)nnc1SCCCC. The van der Waals surface area contributed by atoms with E-state index in [2.05, 4.69) is 28.3 Å². The van der Waals surface area contributed by atoms with Gasteiger partial charge >= 0.3 is 0 Å². The lowest BCUT2D eigenvalue weighted by molar-refractivity contribution is 0.702. The third kappa shape index (κ3) is 2.87. The van der Waals surface area contributed by atoms with E-state index >= 15 is 0 Å². The van der Waals surface area contributed by atoms with Crippen LogP contribution in [-0.2, 0) is 6.54 Å². The van der Waals surface area contributed by atoms with E-state index in [0.29, 0.717) is 0 Å². The Bertz CT molecular complexity index is 294. The first kappa shape index (κ1) is 11.3. The standard InChI is InChI=1S/C10H17N3S/c1-4-6-8-14-10-12-11-9(3)13(10)7-5-2/h5H,2,4,6-8H2,1,3H3. The van der Waals surface area contributed by atoms with E-state index in [1.807, 2.05) is 13.0 Å². The smallest absolute Gasteiger partial charge is 0.191 e. The minimum absolute atomic E-state index is 0.799. The van der Waals surface area contributed by atoms with Crippen LogP contribution >= 0.6 is 11.8 Å². The maximum atomic E-state index is 4.13. The van der Waals surface area contributed by atoms with Gasteiger partial charge in [-0.15, -0.1) is 16.8 Å². The van der Waals surface area contributed by atoms with E-state index in [-0.39, 0.29) is 0 Å². The molecule has 4 heteroatoms. The first-order chi connectivity index (χ1) is 6.79. The molecule has 1 rings (SSSR count). The monoisotopic (exact) mass is 211 g/mol. The van der Waals surface area contributed by atoms with Gasteiger partial charge in [-0.3, -0.25) is 0 Å². The highest BCUT2D eigenvalue weighted by molar-refractivity contribution is 7.99. The summed E-state index contributed by atoms with van der Waals surface area (Å²) in [5.74, 6) is 2.08. The molecule has 0 radical (unpaired) electrons. The molecule has 0 aliphatic rings. The van der Waals surface area contributed by atoms with Crippen LogP contribution in [-0.4, -0.2) is 20.5 Å². The lowest BCUT2D eigenvalue weighted by Crippen LogP contribution is -2.00. The summed E-state index contributed by atoms with van der Waals surface area (Å²) in [5, 5.41) is 9.20. The topological polar surface area (TPSA) is 30.7 Å². The fourth-order valence-electron chi connectivity index (χ4n) is 1.12. The lowest BCUT2D eigenvalue weighted by atomic mass is 10.4. The molecule has 0 saturated heterocycles. The number of aromatic nitrogens is 3. The van der Waals surface area contributed by atoms with Gasteiger partial charge in [-0.1, -0.05) is 31.2 Å². The van der Waals surface area contributed by atoms with Crippen molar-refractivity contribution < 1.29 is 0 Å². The molecule has 0 bridgehead atoms. The highest BCUT2D eigenvalue weighted by Crippen LogP contribution is 2.17. The summed E-state index contributed by atoms with van der Waals surface area (Å²) in [6.45, 7) is 8.69. The Kier molecular flexibility index (Phi) is 4.73. The van der Waals surface area contributed by atoms with Gasteiger partial charge < -0.3 is 4.57 Å². The highest BCUT2D eigenvalue weighted by atomic mass is 32.2. The lowest BCUT2D eigenvalue weighted by Gasteiger charge is -2.04. The van der Waals surface area contributed by atoms with Gasteiger partial charge in [0.25, 0.3) is 0 Å². The first-order valence-corrected chi connectivity index (χ1v) is 5.91. The summed E-state index contributed by atoms with van der Waals surface area (Å²) in [6.07, 6.45) is 4.33. The quantitative estimate of drug-likeness (QED) is 0.412. The number of hydrogen-bond acceptors (Lipinski definition) is 3. The van der Waals surface area contributed by atoms with Crippen molar-refractivity contribution in [1.82, 2.24) is 14.8 Å². The van der Waals surface area contributed by atoms with Crippen LogP contribution in [0.4, 0.5) is 0 Å². The van der Waals surface area contributed by atoms with Crippen molar-refractivity contribution in [2.45, 2.75) is 38.4 Å². The van der Waals surface area contributed by atoms with Crippen LogP contribution in [0.15, 0.2) is 17.8 Å². The van der Waals surface area contributed by atoms with Crippen molar-refractivity contribution in [3.63, 3.8) is 0 Å². The van der Waals surface area contributed by atoms with Gasteiger partial charge in [0.05, 0.1) is 0 Å². The molecular weight excluding hydrogens is 194 g/mol. The van der Waals surface area contributed by atoms with Gasteiger partial charge in [0.15, 0.2) is 5.16 Å². The summed E-state index contributed by atoms with van der Waals surface area (Å²) in [6, 6.07) is 0. The molecule has 14 heavy (non-hydrogen) atoms. The number of rotatable bonds is 6.